The van der Waals surface area contributed by atoms with Gasteiger partial charge in [0.2, 0.25) is 23.6 Å². The first-order valence-corrected chi connectivity index (χ1v) is 15.4. The van der Waals surface area contributed by atoms with Crippen LogP contribution in [0, 0.1) is 0 Å². The van der Waals surface area contributed by atoms with E-state index in [4.69, 9.17) is 11.5 Å². The molecule has 1 fully saturated rings. The molecule has 46 heavy (non-hydrogen) atoms. The summed E-state index contributed by atoms with van der Waals surface area (Å²) < 4.78 is 0. The van der Waals surface area contributed by atoms with Gasteiger partial charge in [0, 0.05) is 19.4 Å². The minimum absolute atomic E-state index is 0.116. The first kappa shape index (κ1) is 32.2. The molecule has 10 nitrogen and oxygen atoms in total. The molecular weight excluding hydrogens is 582 g/mol. The summed E-state index contributed by atoms with van der Waals surface area (Å²) in [5.74, 6) is -1.96. The molecule has 1 aliphatic rings. The van der Waals surface area contributed by atoms with Crippen LogP contribution in [0.15, 0.2) is 97.1 Å². The number of amides is 4. The zero-order chi connectivity index (χ0) is 32.6. The SMILES string of the molecule is NC(=O)[C@H](Cc1ccc2ccccc2c1)NC(=O)[C@H](Cc1ccccc1)NC(=O)[C@@H]1CCCN1C(=O)[C@@H](N)Cc1ccc(O)cc1. The maximum Gasteiger partial charge on any atom is 0.243 e. The number of aromatic hydroxyl groups is 1. The second-order valence-electron chi connectivity index (χ2n) is 11.8. The van der Waals surface area contributed by atoms with Gasteiger partial charge in [0.05, 0.1) is 6.04 Å². The normalized spacial score (nSPS) is 16.4. The van der Waals surface area contributed by atoms with Crippen LogP contribution in [0.1, 0.15) is 29.5 Å². The van der Waals surface area contributed by atoms with Crippen molar-refractivity contribution in [1.82, 2.24) is 15.5 Å². The van der Waals surface area contributed by atoms with E-state index >= 15 is 0 Å². The van der Waals surface area contributed by atoms with E-state index in [0.717, 1.165) is 27.5 Å². The van der Waals surface area contributed by atoms with E-state index in [9.17, 15) is 24.3 Å². The molecule has 0 radical (unpaired) electrons. The van der Waals surface area contributed by atoms with Crippen molar-refractivity contribution >= 4 is 34.4 Å². The van der Waals surface area contributed by atoms with Crippen LogP contribution in [0.4, 0.5) is 0 Å². The summed E-state index contributed by atoms with van der Waals surface area (Å²) in [5.41, 5.74) is 14.4. The molecule has 0 unspecified atom stereocenters. The van der Waals surface area contributed by atoms with Crippen molar-refractivity contribution in [3.05, 3.63) is 114 Å². The van der Waals surface area contributed by atoms with Gasteiger partial charge in [0.1, 0.15) is 23.9 Å². The summed E-state index contributed by atoms with van der Waals surface area (Å²) in [6, 6.07) is 25.6. The Labute approximate surface area is 267 Å². The van der Waals surface area contributed by atoms with Gasteiger partial charge >= 0.3 is 0 Å². The molecule has 5 rings (SSSR count). The van der Waals surface area contributed by atoms with Crippen molar-refractivity contribution in [2.24, 2.45) is 11.5 Å². The van der Waals surface area contributed by atoms with E-state index in [1.54, 1.807) is 12.1 Å². The second kappa shape index (κ2) is 14.7. The fourth-order valence-corrected chi connectivity index (χ4v) is 5.91. The number of primary amides is 1. The summed E-state index contributed by atoms with van der Waals surface area (Å²) in [6.07, 6.45) is 1.63. The Balaban J connectivity index is 1.29. The van der Waals surface area contributed by atoms with Crippen LogP contribution in [0.5, 0.6) is 5.75 Å². The summed E-state index contributed by atoms with van der Waals surface area (Å²) in [7, 11) is 0. The van der Waals surface area contributed by atoms with Crippen LogP contribution >= 0.6 is 0 Å². The number of nitrogens with two attached hydrogens (primary N) is 2. The van der Waals surface area contributed by atoms with Crippen molar-refractivity contribution in [3.8, 4) is 5.75 Å². The van der Waals surface area contributed by atoms with Crippen LogP contribution in [-0.2, 0) is 38.4 Å². The Bertz CT molecular complexity index is 1690. The molecule has 1 aliphatic heterocycles. The summed E-state index contributed by atoms with van der Waals surface area (Å²) in [5, 5.41) is 17.2. The van der Waals surface area contributed by atoms with Crippen molar-refractivity contribution in [2.75, 3.05) is 6.54 Å². The maximum absolute atomic E-state index is 13.7. The van der Waals surface area contributed by atoms with E-state index in [1.165, 1.54) is 17.0 Å². The lowest BCUT2D eigenvalue weighted by atomic mass is 10.00. The fraction of sp³-hybridized carbons (Fsp3) is 0.278. The summed E-state index contributed by atoms with van der Waals surface area (Å²) in [6.45, 7) is 0.366. The van der Waals surface area contributed by atoms with Crippen LogP contribution < -0.4 is 22.1 Å². The van der Waals surface area contributed by atoms with Gasteiger partial charge in [-0.05, 0) is 58.9 Å². The minimum Gasteiger partial charge on any atom is -0.508 e. The first-order chi connectivity index (χ1) is 22.2. The number of likely N-dealkylation sites (tertiary alicyclic amines) is 1. The average Bonchev–Trinajstić information content (AvgIpc) is 3.55. The standard InChI is InChI=1S/C36H39N5O5/c37-29(20-24-13-16-28(42)17-14-24)36(46)41-18-6-11-32(41)35(45)40-31(21-23-7-2-1-3-8-23)34(44)39-30(33(38)43)22-25-12-15-26-9-4-5-10-27(26)19-25/h1-5,7-10,12-17,19,29-32,42H,6,11,18,20-22,37H2,(H2,38,43)(H,39,44)(H,40,45)/t29-,30-,31-,32-/m0/s1. The molecule has 7 N–H and O–H groups in total. The number of hydrogen-bond donors (Lipinski definition) is 5. The predicted molar refractivity (Wildman–Crippen MR) is 175 cm³/mol. The highest BCUT2D eigenvalue weighted by molar-refractivity contribution is 5.95. The number of fused-ring (bicyclic) bond motifs is 1. The third-order valence-electron chi connectivity index (χ3n) is 8.38. The van der Waals surface area contributed by atoms with E-state index in [2.05, 4.69) is 10.6 Å². The molecule has 0 bridgehead atoms. The van der Waals surface area contributed by atoms with Gasteiger partial charge in [-0.25, -0.2) is 0 Å². The Hall–Kier alpha value is -5.22. The lowest BCUT2D eigenvalue weighted by Crippen LogP contribution is -2.58. The molecule has 0 saturated carbocycles. The van der Waals surface area contributed by atoms with Gasteiger partial charge in [0.15, 0.2) is 0 Å². The summed E-state index contributed by atoms with van der Waals surface area (Å²) >= 11 is 0. The van der Waals surface area contributed by atoms with Crippen LogP contribution in [0.2, 0.25) is 0 Å². The third kappa shape index (κ3) is 8.08. The number of benzene rings is 4. The van der Waals surface area contributed by atoms with E-state index < -0.39 is 41.9 Å². The zero-order valence-electron chi connectivity index (χ0n) is 25.5. The Morgan fingerprint density at radius 1 is 0.761 bits per heavy atom. The topological polar surface area (TPSA) is 168 Å². The minimum atomic E-state index is -1.03. The summed E-state index contributed by atoms with van der Waals surface area (Å²) in [4.78, 5) is 54.7. The number of hydrogen-bond acceptors (Lipinski definition) is 6. The number of rotatable bonds is 12. The van der Waals surface area contributed by atoms with Crippen molar-refractivity contribution in [1.29, 1.82) is 0 Å². The fourth-order valence-electron chi connectivity index (χ4n) is 5.91. The monoisotopic (exact) mass is 621 g/mol. The zero-order valence-corrected chi connectivity index (χ0v) is 25.5. The lowest BCUT2D eigenvalue weighted by Gasteiger charge is -2.29. The van der Waals surface area contributed by atoms with Crippen molar-refractivity contribution in [2.45, 2.75) is 56.3 Å². The smallest absolute Gasteiger partial charge is 0.243 e. The maximum atomic E-state index is 13.7. The van der Waals surface area contributed by atoms with Crippen LogP contribution in [0.3, 0.4) is 0 Å². The van der Waals surface area contributed by atoms with Crippen LogP contribution in [-0.4, -0.2) is 64.3 Å². The quantitative estimate of drug-likeness (QED) is 0.163. The number of carbonyl (C=O) groups is 4. The number of carbonyl (C=O) groups excluding carboxylic acids is 4. The number of phenolic OH excluding ortho intramolecular Hbond substituents is 1. The van der Waals surface area contributed by atoms with Gasteiger partial charge in [-0.2, -0.15) is 0 Å². The average molecular weight is 622 g/mol. The Morgan fingerprint density at radius 3 is 2.11 bits per heavy atom. The molecule has 10 heteroatoms. The van der Waals surface area contributed by atoms with Crippen LogP contribution in [0.25, 0.3) is 10.8 Å². The molecule has 4 atom stereocenters. The second-order valence-corrected chi connectivity index (χ2v) is 11.8. The molecule has 4 aromatic rings. The molecule has 238 valence electrons. The molecule has 4 aromatic carbocycles. The molecule has 0 aliphatic carbocycles. The molecule has 1 saturated heterocycles. The van der Waals surface area contributed by atoms with E-state index in [1.807, 2.05) is 72.8 Å². The lowest BCUT2D eigenvalue weighted by molar-refractivity contribution is -0.140. The predicted octanol–water partition coefficient (Wildman–Crippen LogP) is 2.35. The molecule has 1 heterocycles. The molecule has 4 amide bonds. The highest BCUT2D eigenvalue weighted by Crippen LogP contribution is 2.21. The van der Waals surface area contributed by atoms with E-state index in [-0.39, 0.29) is 30.9 Å². The van der Waals surface area contributed by atoms with Gasteiger partial charge < -0.3 is 32.1 Å². The molecule has 0 spiro atoms. The number of nitrogens with zero attached hydrogens (tertiary/aromatic N) is 1. The van der Waals surface area contributed by atoms with Gasteiger partial charge in [-0.15, -0.1) is 0 Å². The van der Waals surface area contributed by atoms with Crippen molar-refractivity contribution in [3.63, 3.8) is 0 Å². The van der Waals surface area contributed by atoms with E-state index in [0.29, 0.717) is 19.4 Å². The van der Waals surface area contributed by atoms with Gasteiger partial charge in [0.25, 0.3) is 0 Å². The molecule has 0 aromatic heterocycles. The third-order valence-corrected chi connectivity index (χ3v) is 8.38. The van der Waals surface area contributed by atoms with Gasteiger partial charge in [-0.3, -0.25) is 19.2 Å². The van der Waals surface area contributed by atoms with Crippen molar-refractivity contribution < 1.29 is 24.3 Å². The van der Waals surface area contributed by atoms with Gasteiger partial charge in [-0.1, -0.05) is 84.9 Å². The number of nitrogens with one attached hydrogen (secondary N) is 2. The molecular formula is C36H39N5O5. The largest absolute Gasteiger partial charge is 0.508 e. The highest BCUT2D eigenvalue weighted by atomic mass is 16.3. The first-order valence-electron chi connectivity index (χ1n) is 15.4. The Kier molecular flexibility index (Phi) is 10.3. The highest BCUT2D eigenvalue weighted by Gasteiger charge is 2.38. The Morgan fingerprint density at radius 2 is 1.39 bits per heavy atom. The number of phenols is 1.